The number of hydroxylamine groups is 1. The van der Waals surface area contributed by atoms with E-state index >= 15 is 0 Å². The van der Waals surface area contributed by atoms with Gasteiger partial charge in [0.1, 0.15) is 0 Å². The second-order valence-electron chi connectivity index (χ2n) is 4.54. The van der Waals surface area contributed by atoms with Gasteiger partial charge in [-0.15, -0.1) is 0 Å². The minimum Gasteiger partial charge on any atom is -0.306 e. The Labute approximate surface area is 125 Å². The molecule has 0 radical (unpaired) electrons. The van der Waals surface area contributed by atoms with Crippen molar-refractivity contribution in [2.75, 3.05) is 0 Å². The molecule has 1 amide bonds. The monoisotopic (exact) mass is 345 g/mol. The van der Waals surface area contributed by atoms with Crippen LogP contribution in [0.5, 0.6) is 0 Å². The zero-order valence-corrected chi connectivity index (χ0v) is 12.7. The van der Waals surface area contributed by atoms with Crippen molar-refractivity contribution in [3.8, 4) is 0 Å². The maximum absolute atomic E-state index is 11.6. The van der Waals surface area contributed by atoms with E-state index in [9.17, 15) is 4.79 Å². The fraction of sp³-hybridized carbons (Fsp3) is 0.462. The highest BCUT2D eigenvalue weighted by molar-refractivity contribution is 9.10. The minimum atomic E-state index is -0.346. The number of nitrogens with one attached hydrogen (secondary N) is 1. The second kappa shape index (κ2) is 7.28. The molecule has 2 atom stereocenters. The van der Waals surface area contributed by atoms with E-state index in [1.165, 1.54) is 12.0 Å². The van der Waals surface area contributed by atoms with E-state index < -0.39 is 0 Å². The van der Waals surface area contributed by atoms with E-state index in [1.54, 1.807) is 5.48 Å². The van der Waals surface area contributed by atoms with Crippen molar-refractivity contribution in [3.63, 3.8) is 0 Å². The molecule has 19 heavy (non-hydrogen) atoms. The zero-order valence-electron chi connectivity index (χ0n) is 10.3. The standard InChI is InChI=1S/C13H16BrNO3S/c14-9-5-7-10(8-6-9)19-18-12-4-2-1-3-11(12)13(16)15-17/h5-8,11-12,17H,1-4H2,(H,15,16). The van der Waals surface area contributed by atoms with Crippen molar-refractivity contribution in [2.45, 2.75) is 36.7 Å². The van der Waals surface area contributed by atoms with Crippen molar-refractivity contribution in [1.29, 1.82) is 0 Å². The Morgan fingerprint density at radius 2 is 2.00 bits per heavy atom. The van der Waals surface area contributed by atoms with Crippen molar-refractivity contribution >= 4 is 33.9 Å². The molecule has 1 fully saturated rings. The van der Waals surface area contributed by atoms with Gasteiger partial charge in [-0.3, -0.25) is 10.0 Å². The van der Waals surface area contributed by atoms with Crippen LogP contribution in [-0.4, -0.2) is 17.2 Å². The predicted octanol–water partition coefficient (Wildman–Crippen LogP) is 3.54. The van der Waals surface area contributed by atoms with E-state index in [0.717, 1.165) is 35.1 Å². The van der Waals surface area contributed by atoms with Crippen molar-refractivity contribution in [2.24, 2.45) is 5.92 Å². The molecule has 1 saturated carbocycles. The van der Waals surface area contributed by atoms with Gasteiger partial charge in [0.25, 0.3) is 0 Å². The smallest absolute Gasteiger partial charge is 0.249 e. The average molecular weight is 346 g/mol. The summed E-state index contributed by atoms with van der Waals surface area (Å²) in [6.07, 6.45) is 3.52. The molecular weight excluding hydrogens is 330 g/mol. The highest BCUT2D eigenvalue weighted by Gasteiger charge is 2.32. The molecule has 0 bridgehead atoms. The van der Waals surface area contributed by atoms with Crippen molar-refractivity contribution in [3.05, 3.63) is 28.7 Å². The number of rotatable bonds is 4. The van der Waals surface area contributed by atoms with Crippen LogP contribution in [-0.2, 0) is 8.98 Å². The molecule has 0 aliphatic heterocycles. The van der Waals surface area contributed by atoms with Gasteiger partial charge in [0.2, 0.25) is 5.91 Å². The van der Waals surface area contributed by atoms with Crippen LogP contribution in [0.3, 0.4) is 0 Å². The first-order valence-electron chi connectivity index (χ1n) is 6.23. The zero-order chi connectivity index (χ0) is 13.7. The molecule has 104 valence electrons. The summed E-state index contributed by atoms with van der Waals surface area (Å²) >= 11 is 4.67. The number of benzene rings is 1. The van der Waals surface area contributed by atoms with Crippen LogP contribution in [0.4, 0.5) is 0 Å². The molecule has 0 aromatic heterocycles. The topological polar surface area (TPSA) is 58.6 Å². The molecule has 6 heteroatoms. The van der Waals surface area contributed by atoms with Gasteiger partial charge in [0.05, 0.1) is 12.0 Å². The summed E-state index contributed by atoms with van der Waals surface area (Å²) in [5.74, 6) is -0.609. The third-order valence-corrected chi connectivity index (χ3v) is 4.57. The van der Waals surface area contributed by atoms with E-state index in [-0.39, 0.29) is 17.9 Å². The Morgan fingerprint density at radius 1 is 1.32 bits per heavy atom. The molecule has 1 aromatic carbocycles. The minimum absolute atomic E-state index is 0.144. The van der Waals surface area contributed by atoms with Gasteiger partial charge in [0, 0.05) is 21.4 Å². The van der Waals surface area contributed by atoms with Gasteiger partial charge < -0.3 is 4.18 Å². The number of carbonyl (C=O) groups is 1. The molecule has 0 saturated heterocycles. The number of hydrogen-bond acceptors (Lipinski definition) is 4. The summed E-state index contributed by atoms with van der Waals surface area (Å²) in [5, 5.41) is 8.75. The lowest BCUT2D eigenvalue weighted by molar-refractivity contribution is -0.137. The molecule has 1 aromatic rings. The summed E-state index contributed by atoms with van der Waals surface area (Å²) in [7, 11) is 0. The number of amides is 1. The summed E-state index contributed by atoms with van der Waals surface area (Å²) < 4.78 is 6.79. The SMILES string of the molecule is O=C(NO)C1CCCCC1OSc1ccc(Br)cc1. The van der Waals surface area contributed by atoms with E-state index in [0.29, 0.717) is 0 Å². The Bertz CT molecular complexity index is 426. The normalized spacial score (nSPS) is 23.1. The van der Waals surface area contributed by atoms with Crippen molar-refractivity contribution < 1.29 is 14.2 Å². The summed E-state index contributed by atoms with van der Waals surface area (Å²) in [5.41, 5.74) is 1.74. The van der Waals surface area contributed by atoms with Crippen LogP contribution in [0.15, 0.2) is 33.6 Å². The Hall–Kier alpha value is -0.560. The molecule has 2 N–H and O–H groups in total. The molecule has 2 rings (SSSR count). The van der Waals surface area contributed by atoms with Gasteiger partial charge >= 0.3 is 0 Å². The lowest BCUT2D eigenvalue weighted by Gasteiger charge is -2.28. The fourth-order valence-electron chi connectivity index (χ4n) is 2.20. The van der Waals surface area contributed by atoms with Gasteiger partial charge in [0.15, 0.2) is 0 Å². The average Bonchev–Trinajstić information content (AvgIpc) is 2.46. The molecule has 0 heterocycles. The first kappa shape index (κ1) is 14.8. The lowest BCUT2D eigenvalue weighted by Crippen LogP contribution is -2.38. The van der Waals surface area contributed by atoms with Gasteiger partial charge in [-0.05, 0) is 37.1 Å². The second-order valence-corrected chi connectivity index (χ2v) is 6.29. The van der Waals surface area contributed by atoms with Crippen molar-refractivity contribution in [1.82, 2.24) is 5.48 Å². The predicted molar refractivity (Wildman–Crippen MR) is 76.8 cm³/mol. The van der Waals surface area contributed by atoms with Crippen LogP contribution in [0.1, 0.15) is 25.7 Å². The highest BCUT2D eigenvalue weighted by atomic mass is 79.9. The van der Waals surface area contributed by atoms with Crippen LogP contribution in [0.25, 0.3) is 0 Å². The molecular formula is C13H16BrNO3S. The van der Waals surface area contributed by atoms with E-state index in [1.807, 2.05) is 24.3 Å². The molecule has 0 spiro atoms. The quantitative estimate of drug-likeness (QED) is 0.497. The van der Waals surface area contributed by atoms with Crippen LogP contribution < -0.4 is 5.48 Å². The molecule has 4 nitrogen and oxygen atoms in total. The summed E-state index contributed by atoms with van der Waals surface area (Å²) in [6.45, 7) is 0. The van der Waals surface area contributed by atoms with Gasteiger partial charge in [-0.2, -0.15) is 0 Å². The van der Waals surface area contributed by atoms with Gasteiger partial charge in [-0.25, -0.2) is 5.48 Å². The number of hydrogen-bond donors (Lipinski definition) is 2. The van der Waals surface area contributed by atoms with E-state index in [4.69, 9.17) is 9.39 Å². The third-order valence-electron chi connectivity index (χ3n) is 3.23. The fourth-order valence-corrected chi connectivity index (χ4v) is 3.18. The maximum atomic E-state index is 11.6. The molecule has 1 aliphatic carbocycles. The first-order chi connectivity index (χ1) is 9.20. The third kappa shape index (κ3) is 4.21. The largest absolute Gasteiger partial charge is 0.306 e. The Balaban J connectivity index is 1.92. The molecule has 2 unspecified atom stereocenters. The highest BCUT2D eigenvalue weighted by Crippen LogP contribution is 2.32. The Morgan fingerprint density at radius 3 is 2.68 bits per heavy atom. The van der Waals surface area contributed by atoms with Crippen LogP contribution in [0.2, 0.25) is 0 Å². The maximum Gasteiger partial charge on any atom is 0.249 e. The first-order valence-corrected chi connectivity index (χ1v) is 7.77. The number of carbonyl (C=O) groups excluding carboxylic acids is 1. The van der Waals surface area contributed by atoms with Crippen LogP contribution >= 0.6 is 28.0 Å². The number of halogens is 1. The summed E-state index contributed by atoms with van der Waals surface area (Å²) in [6, 6.07) is 7.81. The molecule has 1 aliphatic rings. The van der Waals surface area contributed by atoms with Crippen LogP contribution in [0, 0.1) is 5.92 Å². The van der Waals surface area contributed by atoms with Gasteiger partial charge in [-0.1, -0.05) is 28.8 Å². The lowest BCUT2D eigenvalue weighted by atomic mass is 9.86. The Kier molecular flexibility index (Phi) is 5.69. The van der Waals surface area contributed by atoms with E-state index in [2.05, 4.69) is 15.9 Å². The summed E-state index contributed by atoms with van der Waals surface area (Å²) in [4.78, 5) is 12.6.